The van der Waals surface area contributed by atoms with Crippen LogP contribution in [0.3, 0.4) is 0 Å². The lowest BCUT2D eigenvalue weighted by Crippen LogP contribution is -2.18. The van der Waals surface area contributed by atoms with E-state index in [2.05, 4.69) is 17.2 Å². The molecule has 1 N–H and O–H groups in total. The van der Waals surface area contributed by atoms with E-state index >= 15 is 0 Å². The van der Waals surface area contributed by atoms with Crippen LogP contribution in [0.4, 0.5) is 4.39 Å². The summed E-state index contributed by atoms with van der Waals surface area (Å²) < 4.78 is 15.9. The van der Waals surface area contributed by atoms with E-state index in [1.165, 1.54) is 6.07 Å². The standard InChI is InChI=1S/C15H17FN4/c1-2-6-18-10-14-19-7-8-20(14)11-13-5-3-4-12(9-17)15(13)16/h3-5,7-8,18H,2,6,10-11H2,1H3. The molecule has 0 unspecified atom stereocenters. The maximum absolute atomic E-state index is 14.0. The van der Waals surface area contributed by atoms with Gasteiger partial charge >= 0.3 is 0 Å². The summed E-state index contributed by atoms with van der Waals surface area (Å²) in [5, 5.41) is 12.1. The van der Waals surface area contributed by atoms with Gasteiger partial charge in [-0.15, -0.1) is 0 Å². The summed E-state index contributed by atoms with van der Waals surface area (Å²) in [7, 11) is 0. The molecule has 20 heavy (non-hydrogen) atoms. The zero-order valence-electron chi connectivity index (χ0n) is 11.4. The van der Waals surface area contributed by atoms with Gasteiger partial charge < -0.3 is 9.88 Å². The molecule has 0 radical (unpaired) electrons. The minimum absolute atomic E-state index is 0.0771. The average Bonchev–Trinajstić information content (AvgIpc) is 2.89. The first-order chi connectivity index (χ1) is 9.76. The Hall–Kier alpha value is -2.19. The quantitative estimate of drug-likeness (QED) is 0.822. The third-order valence-corrected chi connectivity index (χ3v) is 3.05. The molecule has 1 aromatic carbocycles. The summed E-state index contributed by atoms with van der Waals surface area (Å²) in [5.74, 6) is 0.413. The van der Waals surface area contributed by atoms with Gasteiger partial charge in [0.2, 0.25) is 0 Å². The molecule has 104 valence electrons. The maximum atomic E-state index is 14.0. The van der Waals surface area contributed by atoms with Crippen molar-refractivity contribution in [2.24, 2.45) is 0 Å². The Kier molecular flexibility index (Phi) is 4.85. The molecule has 0 aliphatic carbocycles. The monoisotopic (exact) mass is 272 g/mol. The van der Waals surface area contributed by atoms with Gasteiger partial charge in [-0.2, -0.15) is 5.26 Å². The van der Waals surface area contributed by atoms with Crippen LogP contribution >= 0.6 is 0 Å². The zero-order valence-corrected chi connectivity index (χ0v) is 11.4. The highest BCUT2D eigenvalue weighted by Gasteiger charge is 2.10. The van der Waals surface area contributed by atoms with Crippen LogP contribution in [0.15, 0.2) is 30.6 Å². The zero-order chi connectivity index (χ0) is 14.4. The van der Waals surface area contributed by atoms with Gasteiger partial charge in [0.15, 0.2) is 0 Å². The topological polar surface area (TPSA) is 53.6 Å². The fourth-order valence-electron chi connectivity index (χ4n) is 2.00. The number of aromatic nitrogens is 2. The summed E-state index contributed by atoms with van der Waals surface area (Å²) in [6, 6.07) is 6.73. The molecule has 0 aliphatic heterocycles. The van der Waals surface area contributed by atoms with Crippen LogP contribution in [0.2, 0.25) is 0 Å². The summed E-state index contributed by atoms with van der Waals surface area (Å²) in [6.45, 7) is 4.05. The van der Waals surface area contributed by atoms with Gasteiger partial charge in [-0.05, 0) is 19.0 Å². The lowest BCUT2D eigenvalue weighted by Gasteiger charge is -2.10. The Bertz CT molecular complexity index is 613. The smallest absolute Gasteiger partial charge is 0.145 e. The molecule has 4 nitrogen and oxygen atoms in total. The van der Waals surface area contributed by atoms with Crippen molar-refractivity contribution >= 4 is 0 Å². The largest absolute Gasteiger partial charge is 0.329 e. The molecule has 2 aromatic rings. The van der Waals surface area contributed by atoms with Gasteiger partial charge in [0.05, 0.1) is 18.7 Å². The molecule has 0 saturated heterocycles. The highest BCUT2D eigenvalue weighted by atomic mass is 19.1. The molecule has 1 heterocycles. The molecule has 2 rings (SSSR count). The predicted molar refractivity (Wildman–Crippen MR) is 74.4 cm³/mol. The van der Waals surface area contributed by atoms with Gasteiger partial charge in [0, 0.05) is 18.0 Å². The average molecular weight is 272 g/mol. The van der Waals surface area contributed by atoms with E-state index in [4.69, 9.17) is 5.26 Å². The van der Waals surface area contributed by atoms with Crippen molar-refractivity contribution in [3.8, 4) is 6.07 Å². The molecular weight excluding hydrogens is 255 g/mol. The number of benzene rings is 1. The first-order valence-electron chi connectivity index (χ1n) is 6.64. The third-order valence-electron chi connectivity index (χ3n) is 3.05. The van der Waals surface area contributed by atoms with E-state index in [1.807, 2.05) is 16.8 Å². The van der Waals surface area contributed by atoms with E-state index in [9.17, 15) is 4.39 Å². The van der Waals surface area contributed by atoms with Gasteiger partial charge in [0.25, 0.3) is 0 Å². The normalized spacial score (nSPS) is 10.4. The number of hydrogen-bond acceptors (Lipinski definition) is 3. The molecule has 0 atom stereocenters. The summed E-state index contributed by atoms with van der Waals surface area (Å²) in [4.78, 5) is 4.27. The number of nitrogens with one attached hydrogen (secondary N) is 1. The number of imidazole rings is 1. The van der Waals surface area contributed by atoms with Crippen LogP contribution in [-0.2, 0) is 13.1 Å². The minimum Gasteiger partial charge on any atom is -0.329 e. The number of nitrogens with zero attached hydrogens (tertiary/aromatic N) is 3. The molecule has 5 heteroatoms. The molecule has 0 saturated carbocycles. The van der Waals surface area contributed by atoms with Crippen molar-refractivity contribution in [2.75, 3.05) is 6.54 Å². The van der Waals surface area contributed by atoms with Crippen molar-refractivity contribution in [3.05, 3.63) is 53.4 Å². The Balaban J connectivity index is 2.15. The Morgan fingerprint density at radius 2 is 2.30 bits per heavy atom. The van der Waals surface area contributed by atoms with Crippen molar-refractivity contribution in [1.82, 2.24) is 14.9 Å². The molecule has 0 aliphatic rings. The van der Waals surface area contributed by atoms with Crippen LogP contribution in [0, 0.1) is 17.1 Å². The lowest BCUT2D eigenvalue weighted by molar-refractivity contribution is 0.579. The van der Waals surface area contributed by atoms with Crippen molar-refractivity contribution < 1.29 is 4.39 Å². The molecule has 0 fully saturated rings. The second-order valence-electron chi connectivity index (χ2n) is 4.54. The fraction of sp³-hybridized carbons (Fsp3) is 0.333. The van der Waals surface area contributed by atoms with Crippen LogP contribution in [0.25, 0.3) is 0 Å². The summed E-state index contributed by atoms with van der Waals surface area (Å²) in [5.41, 5.74) is 0.576. The minimum atomic E-state index is -0.448. The van der Waals surface area contributed by atoms with Crippen LogP contribution in [0.1, 0.15) is 30.3 Å². The Labute approximate surface area is 117 Å². The fourth-order valence-corrected chi connectivity index (χ4v) is 2.00. The van der Waals surface area contributed by atoms with Crippen molar-refractivity contribution in [2.45, 2.75) is 26.4 Å². The van der Waals surface area contributed by atoms with Crippen molar-refractivity contribution in [3.63, 3.8) is 0 Å². The summed E-state index contributed by atoms with van der Waals surface area (Å²) in [6.07, 6.45) is 4.58. The van der Waals surface area contributed by atoms with Crippen LogP contribution in [0.5, 0.6) is 0 Å². The van der Waals surface area contributed by atoms with E-state index in [0.29, 0.717) is 18.7 Å². The SMILES string of the molecule is CCCNCc1nccn1Cc1cccc(C#N)c1F. The van der Waals surface area contributed by atoms with Crippen molar-refractivity contribution in [1.29, 1.82) is 5.26 Å². The lowest BCUT2D eigenvalue weighted by atomic mass is 10.1. The second-order valence-corrected chi connectivity index (χ2v) is 4.54. The maximum Gasteiger partial charge on any atom is 0.145 e. The second kappa shape index (κ2) is 6.83. The van der Waals surface area contributed by atoms with Crippen LogP contribution < -0.4 is 5.32 Å². The van der Waals surface area contributed by atoms with E-state index in [1.54, 1.807) is 18.3 Å². The van der Waals surface area contributed by atoms with E-state index < -0.39 is 5.82 Å². The first-order valence-corrected chi connectivity index (χ1v) is 6.64. The highest BCUT2D eigenvalue weighted by molar-refractivity contribution is 5.35. The number of nitriles is 1. The van der Waals surface area contributed by atoms with Gasteiger partial charge in [-0.3, -0.25) is 0 Å². The van der Waals surface area contributed by atoms with E-state index in [-0.39, 0.29) is 5.56 Å². The Morgan fingerprint density at radius 1 is 1.45 bits per heavy atom. The van der Waals surface area contributed by atoms with Gasteiger partial charge in [0.1, 0.15) is 17.7 Å². The third kappa shape index (κ3) is 3.22. The predicted octanol–water partition coefficient (Wildman–Crippen LogP) is 2.44. The summed E-state index contributed by atoms with van der Waals surface area (Å²) >= 11 is 0. The van der Waals surface area contributed by atoms with Gasteiger partial charge in [-0.25, -0.2) is 9.37 Å². The highest BCUT2D eigenvalue weighted by Crippen LogP contribution is 2.14. The first kappa shape index (κ1) is 14.2. The Morgan fingerprint density at radius 3 is 3.05 bits per heavy atom. The number of rotatable bonds is 6. The molecule has 1 aromatic heterocycles. The van der Waals surface area contributed by atoms with Crippen LogP contribution in [-0.4, -0.2) is 16.1 Å². The number of halogens is 1. The van der Waals surface area contributed by atoms with E-state index in [0.717, 1.165) is 18.8 Å². The molecule has 0 spiro atoms. The number of hydrogen-bond donors (Lipinski definition) is 1. The molecule has 0 bridgehead atoms. The molecular formula is C15H17FN4. The molecule has 0 amide bonds. The van der Waals surface area contributed by atoms with Gasteiger partial charge in [-0.1, -0.05) is 19.1 Å².